The van der Waals surface area contributed by atoms with Crippen molar-refractivity contribution in [2.45, 2.75) is 39.0 Å². The van der Waals surface area contributed by atoms with Crippen molar-refractivity contribution in [3.8, 4) is 0 Å². The van der Waals surface area contributed by atoms with Gasteiger partial charge in [0.25, 0.3) is 0 Å². The van der Waals surface area contributed by atoms with Gasteiger partial charge < -0.3 is 5.11 Å². The van der Waals surface area contributed by atoms with Gasteiger partial charge in [0.05, 0.1) is 5.41 Å². The van der Waals surface area contributed by atoms with Gasteiger partial charge in [0.1, 0.15) is 5.82 Å². The van der Waals surface area contributed by atoms with E-state index in [0.29, 0.717) is 35.8 Å². The number of carboxylic acids is 1. The lowest BCUT2D eigenvalue weighted by Gasteiger charge is -2.25. The van der Waals surface area contributed by atoms with Gasteiger partial charge in [-0.2, -0.15) is 0 Å². The first kappa shape index (κ1) is 14.3. The number of halogens is 2. The molecule has 0 aromatic heterocycles. The largest absolute Gasteiger partial charge is 0.481 e. The summed E-state index contributed by atoms with van der Waals surface area (Å²) in [5.74, 6) is -0.711. The van der Waals surface area contributed by atoms with E-state index in [1.165, 1.54) is 18.2 Å². The summed E-state index contributed by atoms with van der Waals surface area (Å²) in [5, 5.41) is 10.0. The van der Waals surface area contributed by atoms with Crippen LogP contribution in [-0.4, -0.2) is 11.1 Å². The Kier molecular flexibility index (Phi) is 4.14. The molecule has 0 aliphatic heterocycles. The van der Waals surface area contributed by atoms with E-state index in [2.05, 4.69) is 6.92 Å². The second kappa shape index (κ2) is 5.49. The zero-order chi connectivity index (χ0) is 14.0. The van der Waals surface area contributed by atoms with Crippen LogP contribution in [0.15, 0.2) is 18.2 Å². The molecule has 19 heavy (non-hydrogen) atoms. The summed E-state index contributed by atoms with van der Waals surface area (Å²) < 4.78 is 13.3. The molecule has 1 aromatic carbocycles. The van der Waals surface area contributed by atoms with Crippen molar-refractivity contribution >= 4 is 17.6 Å². The van der Waals surface area contributed by atoms with Crippen molar-refractivity contribution in [2.24, 2.45) is 11.3 Å². The first-order valence-corrected chi connectivity index (χ1v) is 7.02. The maximum Gasteiger partial charge on any atom is 0.309 e. The molecule has 0 bridgehead atoms. The first-order valence-electron chi connectivity index (χ1n) is 6.64. The van der Waals surface area contributed by atoms with Crippen molar-refractivity contribution in [2.75, 3.05) is 0 Å². The molecule has 1 fully saturated rings. The number of rotatable bonds is 4. The highest BCUT2D eigenvalue weighted by Gasteiger charge is 2.45. The van der Waals surface area contributed by atoms with Crippen LogP contribution in [0.1, 0.15) is 38.2 Å². The fourth-order valence-electron chi connectivity index (χ4n) is 3.06. The van der Waals surface area contributed by atoms with Crippen molar-refractivity contribution in [1.82, 2.24) is 0 Å². The third-order valence-electron chi connectivity index (χ3n) is 4.28. The van der Waals surface area contributed by atoms with E-state index in [-0.39, 0.29) is 5.82 Å². The van der Waals surface area contributed by atoms with Gasteiger partial charge >= 0.3 is 5.97 Å². The maximum absolute atomic E-state index is 13.3. The number of benzene rings is 1. The van der Waals surface area contributed by atoms with Gasteiger partial charge in [-0.3, -0.25) is 4.79 Å². The first-order chi connectivity index (χ1) is 8.97. The fourth-order valence-corrected chi connectivity index (χ4v) is 3.24. The summed E-state index contributed by atoms with van der Waals surface area (Å²) in [5.41, 5.74) is -0.182. The van der Waals surface area contributed by atoms with E-state index in [0.717, 1.165) is 12.8 Å². The summed E-state index contributed by atoms with van der Waals surface area (Å²) in [6.07, 6.45) is 3.54. The van der Waals surface area contributed by atoms with Crippen molar-refractivity contribution < 1.29 is 14.3 Å². The predicted octanol–water partition coefficient (Wildman–Crippen LogP) is 4.30. The Hall–Kier alpha value is -1.09. The molecule has 2 atom stereocenters. The Bertz CT molecular complexity index is 489. The van der Waals surface area contributed by atoms with E-state index >= 15 is 0 Å². The Morgan fingerprint density at radius 2 is 2.32 bits per heavy atom. The quantitative estimate of drug-likeness (QED) is 0.895. The highest BCUT2D eigenvalue weighted by Crippen LogP contribution is 2.46. The molecule has 1 saturated carbocycles. The topological polar surface area (TPSA) is 37.3 Å². The highest BCUT2D eigenvalue weighted by atomic mass is 35.5. The molecule has 0 spiro atoms. The fraction of sp³-hybridized carbons (Fsp3) is 0.533. The second-order valence-electron chi connectivity index (χ2n) is 5.52. The van der Waals surface area contributed by atoms with Gasteiger partial charge in [-0.05, 0) is 55.4 Å². The van der Waals surface area contributed by atoms with Crippen LogP contribution >= 0.6 is 11.6 Å². The molecule has 4 heteroatoms. The second-order valence-corrected chi connectivity index (χ2v) is 5.92. The lowest BCUT2D eigenvalue weighted by atomic mass is 9.79. The third-order valence-corrected chi connectivity index (χ3v) is 4.65. The summed E-state index contributed by atoms with van der Waals surface area (Å²) in [4.78, 5) is 11.6. The molecule has 1 aliphatic carbocycles. The van der Waals surface area contributed by atoms with Gasteiger partial charge in [0.2, 0.25) is 0 Å². The van der Waals surface area contributed by atoms with E-state index in [1.54, 1.807) is 0 Å². The van der Waals surface area contributed by atoms with E-state index in [4.69, 9.17) is 11.6 Å². The van der Waals surface area contributed by atoms with Gasteiger partial charge in [-0.25, -0.2) is 4.39 Å². The summed E-state index contributed by atoms with van der Waals surface area (Å²) in [6.45, 7) is 2.08. The standard InChI is InChI=1S/C15H18ClFO2/c1-2-10-5-6-15(8-10,14(18)19)9-11-7-12(17)3-4-13(11)16/h3-4,7,10H,2,5-6,8-9H2,1H3,(H,18,19). The number of hydrogen-bond acceptors (Lipinski definition) is 1. The molecular weight excluding hydrogens is 267 g/mol. The monoisotopic (exact) mass is 284 g/mol. The molecule has 104 valence electrons. The van der Waals surface area contributed by atoms with E-state index in [1.807, 2.05) is 0 Å². The Morgan fingerprint density at radius 3 is 2.89 bits per heavy atom. The van der Waals surface area contributed by atoms with Crippen LogP contribution in [0.2, 0.25) is 5.02 Å². The summed E-state index contributed by atoms with van der Waals surface area (Å²) in [7, 11) is 0. The molecule has 1 aliphatic rings. The van der Waals surface area contributed by atoms with Crippen molar-refractivity contribution in [1.29, 1.82) is 0 Å². The number of hydrogen-bond donors (Lipinski definition) is 1. The minimum absolute atomic E-state index is 0.315. The molecule has 1 aromatic rings. The third kappa shape index (κ3) is 2.92. The molecular formula is C15H18ClFO2. The average molecular weight is 285 g/mol. The molecule has 2 rings (SSSR count). The van der Waals surface area contributed by atoms with E-state index in [9.17, 15) is 14.3 Å². The number of aliphatic carboxylic acids is 1. The van der Waals surface area contributed by atoms with Crippen LogP contribution in [0.25, 0.3) is 0 Å². The number of carbonyl (C=O) groups is 1. The molecule has 0 radical (unpaired) electrons. The SMILES string of the molecule is CCC1CCC(Cc2cc(F)ccc2Cl)(C(=O)O)C1. The normalized spacial score (nSPS) is 26.6. The molecule has 2 nitrogen and oxygen atoms in total. The zero-order valence-corrected chi connectivity index (χ0v) is 11.7. The molecule has 2 unspecified atom stereocenters. The van der Waals surface area contributed by atoms with Crippen molar-refractivity contribution in [3.05, 3.63) is 34.6 Å². The molecule has 0 amide bonds. The lowest BCUT2D eigenvalue weighted by Crippen LogP contribution is -2.31. The average Bonchev–Trinajstić information content (AvgIpc) is 2.79. The van der Waals surface area contributed by atoms with Crippen LogP contribution in [0.5, 0.6) is 0 Å². The predicted molar refractivity (Wildman–Crippen MR) is 72.8 cm³/mol. The lowest BCUT2D eigenvalue weighted by molar-refractivity contribution is -0.148. The summed E-state index contributed by atoms with van der Waals surface area (Å²) in [6, 6.07) is 4.14. The Labute approximate surface area is 117 Å². The summed E-state index contributed by atoms with van der Waals surface area (Å²) >= 11 is 6.05. The number of carboxylic acid groups (broad SMARTS) is 1. The Morgan fingerprint density at radius 1 is 1.58 bits per heavy atom. The van der Waals surface area contributed by atoms with Gasteiger partial charge in [-0.15, -0.1) is 0 Å². The molecule has 1 N–H and O–H groups in total. The molecule has 0 heterocycles. The van der Waals surface area contributed by atoms with Crippen molar-refractivity contribution in [3.63, 3.8) is 0 Å². The maximum atomic E-state index is 13.3. The van der Waals surface area contributed by atoms with E-state index < -0.39 is 11.4 Å². The van der Waals surface area contributed by atoms with Crippen LogP contribution in [-0.2, 0) is 11.2 Å². The van der Waals surface area contributed by atoms with Gasteiger partial charge in [0.15, 0.2) is 0 Å². The van der Waals surface area contributed by atoms with Crippen LogP contribution in [0.4, 0.5) is 4.39 Å². The highest BCUT2D eigenvalue weighted by molar-refractivity contribution is 6.31. The smallest absolute Gasteiger partial charge is 0.309 e. The molecule has 0 saturated heterocycles. The van der Waals surface area contributed by atoms with Gasteiger partial charge in [-0.1, -0.05) is 24.9 Å². The minimum atomic E-state index is -0.788. The minimum Gasteiger partial charge on any atom is -0.481 e. The Balaban J connectivity index is 2.27. The van der Waals surface area contributed by atoms with Crippen LogP contribution in [0.3, 0.4) is 0 Å². The van der Waals surface area contributed by atoms with Gasteiger partial charge in [0, 0.05) is 5.02 Å². The van der Waals surface area contributed by atoms with Crippen LogP contribution in [0, 0.1) is 17.2 Å². The zero-order valence-electron chi connectivity index (χ0n) is 11.0. The van der Waals surface area contributed by atoms with Crippen LogP contribution < -0.4 is 0 Å².